The van der Waals surface area contributed by atoms with Crippen LogP contribution in [-0.4, -0.2) is 61.9 Å². The number of nitrogens with zero attached hydrogens (tertiary/aromatic N) is 4. The lowest BCUT2D eigenvalue weighted by Gasteiger charge is -2.15. The van der Waals surface area contributed by atoms with E-state index in [9.17, 15) is 19.5 Å². The molecular formula is C35H35Cl2N7O5. The summed E-state index contributed by atoms with van der Waals surface area (Å²) in [5, 5.41) is 23.9. The first-order chi connectivity index (χ1) is 23.5. The monoisotopic (exact) mass is 703 g/mol. The zero-order valence-electron chi connectivity index (χ0n) is 27.1. The third-order valence-corrected chi connectivity index (χ3v) is 9.48. The zero-order valence-corrected chi connectivity index (χ0v) is 28.6. The van der Waals surface area contributed by atoms with E-state index >= 15 is 0 Å². The highest BCUT2D eigenvalue weighted by Gasteiger charge is 2.21. The topological polar surface area (TPSA) is 152 Å². The van der Waals surface area contributed by atoms with E-state index in [1.54, 1.807) is 26.4 Å². The van der Waals surface area contributed by atoms with Crippen LogP contribution in [0.1, 0.15) is 31.2 Å². The fourth-order valence-electron chi connectivity index (χ4n) is 5.85. The van der Waals surface area contributed by atoms with E-state index in [-0.39, 0.29) is 24.1 Å². The molecule has 6 rings (SSSR count). The molecule has 0 aliphatic carbocycles. The van der Waals surface area contributed by atoms with Gasteiger partial charge < -0.3 is 20.5 Å². The zero-order chi connectivity index (χ0) is 34.8. The van der Waals surface area contributed by atoms with Crippen molar-refractivity contribution in [3.05, 3.63) is 92.6 Å². The van der Waals surface area contributed by atoms with E-state index < -0.39 is 12.0 Å². The van der Waals surface area contributed by atoms with Gasteiger partial charge in [0.15, 0.2) is 0 Å². The molecule has 49 heavy (non-hydrogen) atoms. The molecule has 0 radical (unpaired) electrons. The molecule has 0 unspecified atom stereocenters. The first-order valence-electron chi connectivity index (χ1n) is 15.7. The van der Waals surface area contributed by atoms with Crippen LogP contribution in [0.25, 0.3) is 39.0 Å². The maximum Gasteiger partial charge on any atom is 0.320 e. The number of ether oxygens (including phenoxy) is 1. The summed E-state index contributed by atoms with van der Waals surface area (Å²) in [6.45, 7) is 2.80. The minimum Gasteiger partial charge on any atom is -0.481 e. The number of hydrogen-bond donors (Lipinski definition) is 4. The van der Waals surface area contributed by atoms with E-state index in [2.05, 4.69) is 21.0 Å². The van der Waals surface area contributed by atoms with Gasteiger partial charge in [-0.25, -0.2) is 9.50 Å². The van der Waals surface area contributed by atoms with Crippen LogP contribution in [0.2, 0.25) is 10.0 Å². The molecule has 1 aliphatic heterocycles. The van der Waals surface area contributed by atoms with Gasteiger partial charge in [-0.1, -0.05) is 65.7 Å². The quantitative estimate of drug-likeness (QED) is 0.145. The molecule has 1 amide bonds. The minimum atomic E-state index is -1.000. The highest BCUT2D eigenvalue weighted by atomic mass is 35.5. The fraction of sp³-hybridized carbons (Fsp3) is 0.286. The van der Waals surface area contributed by atoms with Gasteiger partial charge in [-0.05, 0) is 25.5 Å². The van der Waals surface area contributed by atoms with Gasteiger partial charge in [0.2, 0.25) is 11.8 Å². The van der Waals surface area contributed by atoms with Crippen molar-refractivity contribution in [1.29, 1.82) is 0 Å². The summed E-state index contributed by atoms with van der Waals surface area (Å²) in [6.07, 6.45) is 3.10. The number of carboxylic acids is 1. The van der Waals surface area contributed by atoms with Crippen LogP contribution < -0.4 is 26.2 Å². The summed E-state index contributed by atoms with van der Waals surface area (Å²) in [7, 11) is 3.17. The fourth-order valence-corrected chi connectivity index (χ4v) is 6.51. The third-order valence-electron chi connectivity index (χ3n) is 8.67. The molecule has 4 heterocycles. The van der Waals surface area contributed by atoms with Crippen LogP contribution in [0.15, 0.2) is 65.6 Å². The van der Waals surface area contributed by atoms with Crippen molar-refractivity contribution >= 4 is 40.6 Å². The number of methoxy groups -OCH3 is 1. The predicted octanol–water partition coefficient (Wildman–Crippen LogP) is 4.68. The Bertz CT molecular complexity index is 2130. The van der Waals surface area contributed by atoms with E-state index in [0.717, 1.165) is 12.0 Å². The summed E-state index contributed by atoms with van der Waals surface area (Å²) < 4.78 is 8.51. The normalized spacial score (nSPS) is 15.0. The molecular weight excluding hydrogens is 669 g/mol. The number of amides is 1. The summed E-state index contributed by atoms with van der Waals surface area (Å²) in [5.74, 6) is -0.0672. The first kappa shape index (κ1) is 34.1. The Balaban J connectivity index is 1.28. The molecule has 254 valence electrons. The number of aliphatic carboxylic acids is 1. The van der Waals surface area contributed by atoms with Crippen LogP contribution in [-0.2, 0) is 29.7 Å². The molecule has 1 aliphatic rings. The molecule has 3 aromatic heterocycles. The van der Waals surface area contributed by atoms with Crippen LogP contribution in [0.5, 0.6) is 5.88 Å². The van der Waals surface area contributed by atoms with Gasteiger partial charge in [0, 0.05) is 72.2 Å². The molecule has 2 aromatic carbocycles. The van der Waals surface area contributed by atoms with E-state index in [4.69, 9.17) is 32.9 Å². The lowest BCUT2D eigenvalue weighted by atomic mass is 9.97. The van der Waals surface area contributed by atoms with Crippen molar-refractivity contribution in [3.63, 3.8) is 0 Å². The van der Waals surface area contributed by atoms with Gasteiger partial charge in [-0.15, -0.1) is 0 Å². The Morgan fingerprint density at radius 3 is 2.43 bits per heavy atom. The minimum absolute atomic E-state index is 0.0829. The molecule has 5 aromatic rings. The van der Waals surface area contributed by atoms with Crippen molar-refractivity contribution < 1.29 is 19.4 Å². The largest absolute Gasteiger partial charge is 0.481 e. The number of carboxylic acid groups (broad SMARTS) is 1. The summed E-state index contributed by atoms with van der Waals surface area (Å²) in [5.41, 5.74) is 5.03. The second-order valence-electron chi connectivity index (χ2n) is 11.9. The Morgan fingerprint density at radius 2 is 1.76 bits per heavy atom. The Kier molecular flexibility index (Phi) is 10.0. The van der Waals surface area contributed by atoms with E-state index in [1.807, 2.05) is 48.5 Å². The number of nitrogens with one attached hydrogen (secondary N) is 3. The average Bonchev–Trinajstić information content (AvgIpc) is 3.72. The molecule has 0 spiro atoms. The smallest absolute Gasteiger partial charge is 0.320 e. The van der Waals surface area contributed by atoms with Crippen LogP contribution in [0, 0.1) is 0 Å². The lowest BCUT2D eigenvalue weighted by molar-refractivity contribution is -0.139. The number of fused-ring (bicyclic) bond motifs is 1. The standard InChI is InChI=1S/C35H35Cl2N7O5/c1-19(35(47)48)39-17-29-42-44-18-21(14-28(44)34(46)43(29)2)23-6-4-7-24(31(23)36)25-8-5-9-26(32(25)37)27-12-10-20(33(41-27)49-3)15-38-16-22-11-13-30(45)40-22/h4-10,12,14,18-19,22,38-39H,11,13,15-17H2,1-3H3,(H,40,45)(H,47,48)/t19-,22+/m0/s1. The Morgan fingerprint density at radius 1 is 1.06 bits per heavy atom. The molecule has 2 atom stereocenters. The van der Waals surface area contributed by atoms with Gasteiger partial charge in [0.1, 0.15) is 17.4 Å². The van der Waals surface area contributed by atoms with Gasteiger partial charge in [-0.3, -0.25) is 24.3 Å². The first-order valence-corrected chi connectivity index (χ1v) is 16.5. The number of hydrogen-bond acceptors (Lipinski definition) is 8. The van der Waals surface area contributed by atoms with E-state index in [1.165, 1.54) is 16.0 Å². The molecule has 12 nitrogen and oxygen atoms in total. The second kappa shape index (κ2) is 14.4. The van der Waals surface area contributed by atoms with Gasteiger partial charge >= 0.3 is 5.97 Å². The predicted molar refractivity (Wildman–Crippen MR) is 188 cm³/mol. The van der Waals surface area contributed by atoms with Crippen LogP contribution in [0.3, 0.4) is 0 Å². The molecule has 1 fully saturated rings. The molecule has 4 N–H and O–H groups in total. The average molecular weight is 705 g/mol. The maximum atomic E-state index is 13.2. The number of carbonyl (C=O) groups excluding carboxylic acids is 1. The SMILES string of the molecule is COc1nc(-c2cccc(-c3cccc(-c4cc5c(=O)n(C)c(CN[C@@H](C)C(=O)O)nn5c4)c3Cl)c2Cl)ccc1CNC[C@H]1CCC(=O)N1. The number of aromatic nitrogens is 4. The summed E-state index contributed by atoms with van der Waals surface area (Å²) in [4.78, 5) is 40.7. The van der Waals surface area contributed by atoms with Crippen molar-refractivity contribution in [3.8, 4) is 39.4 Å². The van der Waals surface area contributed by atoms with Crippen LogP contribution in [0.4, 0.5) is 0 Å². The molecule has 14 heteroatoms. The van der Waals surface area contributed by atoms with Crippen molar-refractivity contribution in [2.75, 3.05) is 13.7 Å². The van der Waals surface area contributed by atoms with Crippen molar-refractivity contribution in [1.82, 2.24) is 35.1 Å². The summed E-state index contributed by atoms with van der Waals surface area (Å²) >= 11 is 14.1. The maximum absolute atomic E-state index is 13.2. The molecule has 0 bridgehead atoms. The third kappa shape index (κ3) is 7.04. The Labute approximate surface area is 292 Å². The van der Waals surface area contributed by atoms with Gasteiger partial charge in [0.05, 0.1) is 29.4 Å². The lowest BCUT2D eigenvalue weighted by Crippen LogP contribution is -2.36. The van der Waals surface area contributed by atoms with Crippen molar-refractivity contribution in [2.45, 2.75) is 44.9 Å². The van der Waals surface area contributed by atoms with Crippen molar-refractivity contribution in [2.24, 2.45) is 7.05 Å². The second-order valence-corrected chi connectivity index (χ2v) is 12.7. The highest BCUT2D eigenvalue weighted by Crippen LogP contribution is 2.42. The summed E-state index contributed by atoms with van der Waals surface area (Å²) in [6, 6.07) is 16.2. The number of rotatable bonds is 12. The highest BCUT2D eigenvalue weighted by molar-refractivity contribution is 6.39. The van der Waals surface area contributed by atoms with Gasteiger partial charge in [-0.2, -0.15) is 5.10 Å². The molecule has 1 saturated heterocycles. The molecule has 0 saturated carbocycles. The number of pyridine rings is 1. The number of benzene rings is 2. The van der Waals surface area contributed by atoms with Crippen LogP contribution >= 0.6 is 23.2 Å². The number of halogens is 2. The van der Waals surface area contributed by atoms with E-state index in [0.29, 0.717) is 80.3 Å². The van der Waals surface area contributed by atoms with Gasteiger partial charge in [0.25, 0.3) is 5.56 Å². The Hall–Kier alpha value is -4.75. The number of carbonyl (C=O) groups is 2.